The number of carbonyl (C=O) groups excluding carboxylic acids is 3. The number of hydrogen-bond donors (Lipinski definition) is 1. The molecule has 0 saturated carbocycles. The highest BCUT2D eigenvalue weighted by molar-refractivity contribution is 6.50. The van der Waals surface area contributed by atoms with Crippen molar-refractivity contribution < 1.29 is 29.0 Å². The Balaban J connectivity index is 1.73. The van der Waals surface area contributed by atoms with Crippen LogP contribution in [0.2, 0.25) is 0 Å². The summed E-state index contributed by atoms with van der Waals surface area (Å²) in [6.07, 6.45) is 2.92. The lowest BCUT2D eigenvalue weighted by atomic mass is 9.81. The number of amides is 2. The lowest BCUT2D eigenvalue weighted by molar-refractivity contribution is -0.145. The minimum Gasteiger partial charge on any atom is -0.507 e. The van der Waals surface area contributed by atoms with Crippen molar-refractivity contribution in [2.24, 2.45) is 0 Å². The normalized spacial score (nSPS) is 24.4. The highest BCUT2D eigenvalue weighted by Crippen LogP contribution is 2.54. The number of ether oxygens (including phenoxy) is 2. The van der Waals surface area contributed by atoms with Gasteiger partial charge in [0.05, 0.1) is 24.0 Å². The van der Waals surface area contributed by atoms with Crippen molar-refractivity contribution in [1.29, 1.82) is 0 Å². The van der Waals surface area contributed by atoms with Crippen LogP contribution in [0.25, 0.3) is 5.76 Å². The molecule has 0 aromatic heterocycles. The molecule has 2 fully saturated rings. The fourth-order valence-corrected chi connectivity index (χ4v) is 5.67. The van der Waals surface area contributed by atoms with Crippen molar-refractivity contribution in [2.75, 3.05) is 31.2 Å². The summed E-state index contributed by atoms with van der Waals surface area (Å²) in [5, 5.41) is 11.6. The van der Waals surface area contributed by atoms with Gasteiger partial charge in [-0.2, -0.15) is 0 Å². The van der Waals surface area contributed by atoms with Crippen LogP contribution in [-0.4, -0.2) is 60.0 Å². The molecule has 1 spiro atoms. The second-order valence-corrected chi connectivity index (χ2v) is 9.60. The van der Waals surface area contributed by atoms with Gasteiger partial charge in [-0.15, -0.1) is 0 Å². The number of unbranched alkanes of at least 4 members (excludes halogenated alkanes) is 1. The minimum atomic E-state index is -1.76. The van der Waals surface area contributed by atoms with Crippen molar-refractivity contribution in [3.8, 4) is 5.75 Å². The molecule has 2 saturated heterocycles. The number of likely N-dealkylation sites (tertiary alicyclic amines) is 1. The van der Waals surface area contributed by atoms with Crippen LogP contribution in [0.5, 0.6) is 5.75 Å². The topological polar surface area (TPSA) is 96.4 Å². The highest BCUT2D eigenvalue weighted by atomic mass is 16.5. The number of fused-ring (bicyclic) bond motifs is 2. The van der Waals surface area contributed by atoms with Crippen LogP contribution in [0.15, 0.2) is 54.1 Å². The monoisotopic (exact) mass is 504 g/mol. The van der Waals surface area contributed by atoms with Gasteiger partial charge in [0.15, 0.2) is 5.54 Å². The lowest BCUT2D eigenvalue weighted by Crippen LogP contribution is -2.54. The Morgan fingerprint density at radius 3 is 2.54 bits per heavy atom. The van der Waals surface area contributed by atoms with E-state index in [1.807, 2.05) is 26.0 Å². The van der Waals surface area contributed by atoms with E-state index < -0.39 is 23.1 Å². The van der Waals surface area contributed by atoms with Crippen LogP contribution in [0.4, 0.5) is 5.69 Å². The summed E-state index contributed by atoms with van der Waals surface area (Å²) in [6, 6.07) is 13.9. The third-order valence-corrected chi connectivity index (χ3v) is 7.39. The molecular weight excluding hydrogens is 472 g/mol. The van der Waals surface area contributed by atoms with Gasteiger partial charge in [-0.3, -0.25) is 14.4 Å². The van der Waals surface area contributed by atoms with E-state index in [1.54, 1.807) is 41.3 Å². The minimum absolute atomic E-state index is 0.0896. The summed E-state index contributed by atoms with van der Waals surface area (Å²) in [4.78, 5) is 44.7. The van der Waals surface area contributed by atoms with Crippen molar-refractivity contribution in [3.63, 3.8) is 0 Å². The number of aliphatic hydroxyl groups is 1. The quantitative estimate of drug-likeness (QED) is 0.332. The molecule has 8 nitrogen and oxygen atoms in total. The molecular formula is C29H32N2O6. The Morgan fingerprint density at radius 1 is 1.11 bits per heavy atom. The first-order valence-corrected chi connectivity index (χ1v) is 13.0. The summed E-state index contributed by atoms with van der Waals surface area (Å²) in [5.41, 5.74) is -0.447. The molecule has 5 rings (SSSR count). The summed E-state index contributed by atoms with van der Waals surface area (Å²) < 4.78 is 11.3. The van der Waals surface area contributed by atoms with E-state index >= 15 is 0 Å². The molecule has 2 aromatic carbocycles. The van der Waals surface area contributed by atoms with Gasteiger partial charge in [0.1, 0.15) is 11.5 Å². The van der Waals surface area contributed by atoms with Crippen molar-refractivity contribution >= 4 is 29.0 Å². The van der Waals surface area contributed by atoms with Gasteiger partial charge in [-0.1, -0.05) is 31.5 Å². The molecule has 1 N–H and O–H groups in total. The van der Waals surface area contributed by atoms with E-state index in [4.69, 9.17) is 9.47 Å². The molecule has 37 heavy (non-hydrogen) atoms. The Bertz CT molecular complexity index is 1250. The van der Waals surface area contributed by atoms with E-state index in [2.05, 4.69) is 0 Å². The first-order valence-electron chi connectivity index (χ1n) is 13.0. The van der Waals surface area contributed by atoms with E-state index in [0.29, 0.717) is 42.3 Å². The fourth-order valence-electron chi connectivity index (χ4n) is 5.67. The van der Waals surface area contributed by atoms with E-state index in [-0.39, 0.29) is 24.0 Å². The third-order valence-electron chi connectivity index (χ3n) is 7.39. The molecule has 2 amide bonds. The number of nitrogens with zero attached hydrogens (tertiary/aromatic N) is 2. The van der Waals surface area contributed by atoms with Crippen LogP contribution in [0.3, 0.4) is 0 Å². The van der Waals surface area contributed by atoms with E-state index in [0.717, 1.165) is 25.7 Å². The van der Waals surface area contributed by atoms with E-state index in [1.165, 1.54) is 4.90 Å². The molecule has 3 heterocycles. The number of carbonyl (C=O) groups is 3. The number of para-hydroxylation sites is 1. The molecule has 0 radical (unpaired) electrons. The molecule has 2 aromatic rings. The Morgan fingerprint density at radius 2 is 1.86 bits per heavy atom. The summed E-state index contributed by atoms with van der Waals surface area (Å²) >= 11 is 0. The number of Topliss-reactive ketones (excluding diaryl/α,β-unsaturated/α-hetero) is 1. The Labute approximate surface area is 216 Å². The molecule has 0 bridgehead atoms. The third kappa shape index (κ3) is 3.91. The zero-order valence-corrected chi connectivity index (χ0v) is 21.2. The largest absolute Gasteiger partial charge is 0.507 e. The second kappa shape index (κ2) is 10.0. The lowest BCUT2D eigenvalue weighted by Gasteiger charge is -2.35. The smallest absolute Gasteiger partial charge is 0.296 e. The average molecular weight is 505 g/mol. The van der Waals surface area contributed by atoms with Crippen LogP contribution in [0, 0.1) is 0 Å². The van der Waals surface area contributed by atoms with Gasteiger partial charge < -0.3 is 24.4 Å². The van der Waals surface area contributed by atoms with Crippen molar-refractivity contribution in [1.82, 2.24) is 4.90 Å². The molecule has 0 aliphatic carbocycles. The second-order valence-electron chi connectivity index (χ2n) is 9.60. The van der Waals surface area contributed by atoms with Gasteiger partial charge >= 0.3 is 0 Å². The number of rotatable bonds is 8. The van der Waals surface area contributed by atoms with Gasteiger partial charge in [-0.25, -0.2) is 0 Å². The maximum absolute atomic E-state index is 14.4. The van der Waals surface area contributed by atoms with Crippen LogP contribution >= 0.6 is 0 Å². The predicted molar refractivity (Wildman–Crippen MR) is 138 cm³/mol. The first kappa shape index (κ1) is 25.0. The summed E-state index contributed by atoms with van der Waals surface area (Å²) in [6.45, 7) is 5.50. The van der Waals surface area contributed by atoms with Gasteiger partial charge in [-0.05, 0) is 56.5 Å². The highest BCUT2D eigenvalue weighted by Gasteiger charge is 2.67. The number of hydrogen-bond acceptors (Lipinski definition) is 6. The van der Waals surface area contributed by atoms with Gasteiger partial charge in [0.25, 0.3) is 17.6 Å². The van der Waals surface area contributed by atoms with Gasteiger partial charge in [0.2, 0.25) is 0 Å². The fraction of sp³-hybridized carbons (Fsp3) is 0.414. The van der Waals surface area contributed by atoms with E-state index in [9.17, 15) is 19.5 Å². The SMILES string of the molecule is CCCCN1C(=O)[C@]2(C(=C(O)c3ccc(OCC)cc3)C(=O)C(=O)N2C[C@@H]2CCCO2)c2ccccc21. The Kier molecular flexibility index (Phi) is 6.77. The van der Waals surface area contributed by atoms with Crippen LogP contribution in [0.1, 0.15) is 50.7 Å². The summed E-state index contributed by atoms with van der Waals surface area (Å²) in [5.74, 6) is -1.84. The number of aliphatic hydroxyl groups excluding tert-OH is 1. The molecule has 194 valence electrons. The summed E-state index contributed by atoms with van der Waals surface area (Å²) in [7, 11) is 0. The van der Waals surface area contributed by atoms with Crippen molar-refractivity contribution in [2.45, 2.75) is 51.2 Å². The number of anilines is 1. The van der Waals surface area contributed by atoms with Crippen LogP contribution < -0.4 is 9.64 Å². The molecule has 2 atom stereocenters. The zero-order chi connectivity index (χ0) is 26.2. The zero-order valence-electron chi connectivity index (χ0n) is 21.2. The molecule has 8 heteroatoms. The van der Waals surface area contributed by atoms with Crippen molar-refractivity contribution in [3.05, 3.63) is 65.2 Å². The predicted octanol–water partition coefficient (Wildman–Crippen LogP) is 3.99. The molecule has 3 aliphatic heterocycles. The van der Waals surface area contributed by atoms with Crippen LogP contribution in [-0.2, 0) is 24.7 Å². The Hall–Kier alpha value is -3.65. The maximum Gasteiger partial charge on any atom is 0.296 e. The maximum atomic E-state index is 14.4. The number of ketones is 1. The number of benzene rings is 2. The molecule has 3 aliphatic rings. The molecule has 0 unspecified atom stereocenters. The standard InChI is InChI=1S/C29H32N2O6/c1-3-5-16-30-23-11-7-6-10-22(23)29(28(30)35)24(25(32)19-12-14-20(15-13-19)36-4-2)26(33)27(34)31(29)18-21-9-8-17-37-21/h6-7,10-15,21,32H,3-5,8-9,16-18H2,1-2H3/t21-,29+/m0/s1. The first-order chi connectivity index (χ1) is 17.9. The average Bonchev–Trinajstić information content (AvgIpc) is 3.57. The van der Waals surface area contributed by atoms with Gasteiger partial charge in [0, 0.05) is 30.8 Å².